The molecule has 1 heterocycles. The monoisotopic (exact) mass is 217 g/mol. The molecule has 1 rings (SSSR count). The normalized spacial score (nSPS) is 11.3. The van der Waals surface area contributed by atoms with Crippen molar-refractivity contribution in [2.24, 2.45) is 0 Å². The van der Waals surface area contributed by atoms with Gasteiger partial charge in [0.05, 0.1) is 19.6 Å². The largest absolute Gasteiger partial charge is 0.467 e. The third-order valence-corrected chi connectivity index (χ3v) is 2.20. The van der Waals surface area contributed by atoms with Gasteiger partial charge in [-0.2, -0.15) is 0 Å². The fourth-order valence-electron chi connectivity index (χ4n) is 0.944. The third-order valence-electron chi connectivity index (χ3n) is 1.50. The molecule has 6 heteroatoms. The maximum absolute atomic E-state index is 11.1. The van der Waals surface area contributed by atoms with Crippen LogP contribution in [0.5, 0.6) is 0 Å². The van der Waals surface area contributed by atoms with Gasteiger partial charge >= 0.3 is 5.97 Å². The summed E-state index contributed by atoms with van der Waals surface area (Å²) in [5.74, 6) is -0.992. The minimum Gasteiger partial charge on any atom is -0.467 e. The van der Waals surface area contributed by atoms with Gasteiger partial charge in [0, 0.05) is 0 Å². The van der Waals surface area contributed by atoms with E-state index in [1.54, 1.807) is 0 Å². The van der Waals surface area contributed by atoms with E-state index in [0.29, 0.717) is 0 Å². The van der Waals surface area contributed by atoms with Crippen molar-refractivity contribution in [1.29, 1.82) is 0 Å². The molecule has 1 aromatic heterocycles. The van der Waals surface area contributed by atoms with Gasteiger partial charge < -0.3 is 9.15 Å². The van der Waals surface area contributed by atoms with E-state index in [2.05, 4.69) is 11.0 Å². The number of carbonyl (C=O) groups excluding carboxylic acids is 1. The SMILES string of the molecule is [CH2]S(=O)(=O)Cc1occc1C(=O)OC. The topological polar surface area (TPSA) is 73.6 Å². The quantitative estimate of drug-likeness (QED) is 0.699. The summed E-state index contributed by atoms with van der Waals surface area (Å²) in [6.45, 7) is 0. The molecule has 1 aromatic rings. The van der Waals surface area contributed by atoms with Gasteiger partial charge in [-0.05, 0) is 6.07 Å². The molecule has 0 atom stereocenters. The van der Waals surface area contributed by atoms with E-state index < -0.39 is 21.6 Å². The molecule has 0 amide bonds. The van der Waals surface area contributed by atoms with Crippen molar-refractivity contribution in [2.45, 2.75) is 5.75 Å². The molecule has 77 valence electrons. The van der Waals surface area contributed by atoms with Crippen LogP contribution >= 0.6 is 0 Å². The van der Waals surface area contributed by atoms with Gasteiger partial charge in [0.1, 0.15) is 17.1 Å². The standard InChI is InChI=1S/C8H9O5S/c1-12-8(9)6-3-4-13-7(6)5-14(2,10)11/h3-4H,2,5H2,1H3. The number of furan rings is 1. The molecule has 0 spiro atoms. The van der Waals surface area contributed by atoms with E-state index in [1.165, 1.54) is 19.4 Å². The molecule has 0 unspecified atom stereocenters. The van der Waals surface area contributed by atoms with Gasteiger partial charge in [0.2, 0.25) is 0 Å². The van der Waals surface area contributed by atoms with Gasteiger partial charge in [-0.1, -0.05) is 0 Å². The average molecular weight is 217 g/mol. The Morgan fingerprint density at radius 2 is 2.29 bits per heavy atom. The molecule has 0 fully saturated rings. The highest BCUT2D eigenvalue weighted by molar-refractivity contribution is 7.91. The second-order valence-electron chi connectivity index (χ2n) is 2.64. The lowest BCUT2D eigenvalue weighted by molar-refractivity contribution is 0.0598. The first-order valence-electron chi connectivity index (χ1n) is 3.64. The molecule has 5 nitrogen and oxygen atoms in total. The van der Waals surface area contributed by atoms with Crippen LogP contribution in [-0.4, -0.2) is 21.5 Å². The minimum atomic E-state index is -3.46. The predicted molar refractivity (Wildman–Crippen MR) is 48.0 cm³/mol. The summed E-state index contributed by atoms with van der Waals surface area (Å²) in [4.78, 5) is 11.1. The van der Waals surface area contributed by atoms with Crippen molar-refractivity contribution in [3.05, 3.63) is 29.9 Å². The molecular formula is C8H9O5S. The number of hydrogen-bond acceptors (Lipinski definition) is 5. The van der Waals surface area contributed by atoms with Crippen molar-refractivity contribution in [3.8, 4) is 0 Å². The zero-order chi connectivity index (χ0) is 10.8. The second kappa shape index (κ2) is 3.83. The van der Waals surface area contributed by atoms with Crippen molar-refractivity contribution < 1.29 is 22.4 Å². The van der Waals surface area contributed by atoms with Gasteiger partial charge in [0.15, 0.2) is 9.84 Å². The van der Waals surface area contributed by atoms with Crippen LogP contribution in [-0.2, 0) is 20.3 Å². The van der Waals surface area contributed by atoms with Gasteiger partial charge in [0.25, 0.3) is 0 Å². The fraction of sp³-hybridized carbons (Fsp3) is 0.250. The van der Waals surface area contributed by atoms with E-state index >= 15 is 0 Å². The Bertz CT molecular complexity index is 428. The van der Waals surface area contributed by atoms with Crippen molar-refractivity contribution in [1.82, 2.24) is 0 Å². The number of hydrogen-bond donors (Lipinski definition) is 0. The molecule has 0 N–H and O–H groups in total. The first-order chi connectivity index (χ1) is 6.44. The van der Waals surface area contributed by atoms with E-state index in [0.717, 1.165) is 0 Å². The summed E-state index contributed by atoms with van der Waals surface area (Å²) in [6.07, 6.45) is 4.16. The maximum atomic E-state index is 11.1. The van der Waals surface area contributed by atoms with E-state index in [1.807, 2.05) is 0 Å². The number of ether oxygens (including phenoxy) is 1. The lowest BCUT2D eigenvalue weighted by Crippen LogP contribution is -2.06. The highest BCUT2D eigenvalue weighted by atomic mass is 32.2. The zero-order valence-corrected chi connectivity index (χ0v) is 8.33. The van der Waals surface area contributed by atoms with Crippen LogP contribution in [0.15, 0.2) is 16.7 Å². The molecule has 0 saturated carbocycles. The van der Waals surface area contributed by atoms with Crippen LogP contribution in [0, 0.1) is 6.26 Å². The molecule has 0 aliphatic rings. The Morgan fingerprint density at radius 3 is 2.79 bits per heavy atom. The van der Waals surface area contributed by atoms with E-state index in [4.69, 9.17) is 4.42 Å². The van der Waals surface area contributed by atoms with Gasteiger partial charge in [-0.15, -0.1) is 0 Å². The van der Waals surface area contributed by atoms with E-state index in [9.17, 15) is 13.2 Å². The third kappa shape index (κ3) is 2.59. The fourth-order valence-corrected chi connectivity index (χ4v) is 1.57. The Hall–Kier alpha value is -1.30. The van der Waals surface area contributed by atoms with Crippen LogP contribution in [0.25, 0.3) is 0 Å². The molecule has 0 aliphatic carbocycles. The summed E-state index contributed by atoms with van der Waals surface area (Å²) in [6, 6.07) is 1.35. The Morgan fingerprint density at radius 1 is 1.64 bits per heavy atom. The summed E-state index contributed by atoms with van der Waals surface area (Å²) >= 11 is 0. The summed E-state index contributed by atoms with van der Waals surface area (Å²) in [7, 11) is -2.26. The van der Waals surface area contributed by atoms with Gasteiger partial charge in [-0.3, -0.25) is 0 Å². The van der Waals surface area contributed by atoms with E-state index in [-0.39, 0.29) is 11.3 Å². The predicted octanol–water partition coefficient (Wildman–Crippen LogP) is 0.773. The van der Waals surface area contributed by atoms with Crippen LogP contribution in [0.2, 0.25) is 0 Å². The number of esters is 1. The number of sulfone groups is 1. The zero-order valence-electron chi connectivity index (χ0n) is 7.52. The molecule has 0 aromatic carbocycles. The summed E-state index contributed by atoms with van der Waals surface area (Å²) < 4.78 is 31.0. The maximum Gasteiger partial charge on any atom is 0.341 e. The Kier molecular flexibility index (Phi) is 2.95. The van der Waals surface area contributed by atoms with Gasteiger partial charge in [-0.25, -0.2) is 13.2 Å². The number of carbonyl (C=O) groups is 1. The van der Waals surface area contributed by atoms with Crippen LogP contribution < -0.4 is 0 Å². The second-order valence-corrected chi connectivity index (χ2v) is 4.41. The number of rotatable bonds is 3. The summed E-state index contributed by atoms with van der Waals surface area (Å²) in [5.41, 5.74) is 0.111. The molecule has 0 aliphatic heterocycles. The minimum absolute atomic E-state index is 0.0480. The average Bonchev–Trinajstić information content (AvgIpc) is 2.48. The highest BCUT2D eigenvalue weighted by Gasteiger charge is 2.18. The number of methoxy groups -OCH3 is 1. The first-order valence-corrected chi connectivity index (χ1v) is 5.46. The van der Waals surface area contributed by atoms with Crippen molar-refractivity contribution in [3.63, 3.8) is 0 Å². The Labute approximate surface area is 81.6 Å². The lowest BCUT2D eigenvalue weighted by atomic mass is 10.3. The molecule has 14 heavy (non-hydrogen) atoms. The molecule has 0 saturated heterocycles. The van der Waals surface area contributed by atoms with Crippen molar-refractivity contribution >= 4 is 15.8 Å². The lowest BCUT2D eigenvalue weighted by Gasteiger charge is -1.98. The highest BCUT2D eigenvalue weighted by Crippen LogP contribution is 2.14. The van der Waals surface area contributed by atoms with Crippen LogP contribution in [0.3, 0.4) is 0 Å². The molecule has 1 radical (unpaired) electrons. The van der Waals surface area contributed by atoms with Crippen molar-refractivity contribution in [2.75, 3.05) is 7.11 Å². The summed E-state index contributed by atoms with van der Waals surface area (Å²) in [5, 5.41) is 0. The molecular weight excluding hydrogens is 208 g/mol. The first kappa shape index (κ1) is 10.8. The van der Waals surface area contributed by atoms with Crippen LogP contribution in [0.1, 0.15) is 16.1 Å². The Balaban J connectivity index is 3.00. The van der Waals surface area contributed by atoms with Crippen LogP contribution in [0.4, 0.5) is 0 Å². The smallest absolute Gasteiger partial charge is 0.341 e. The molecule has 0 bridgehead atoms.